The van der Waals surface area contributed by atoms with E-state index in [0.29, 0.717) is 5.92 Å². The van der Waals surface area contributed by atoms with Crippen LogP contribution in [0.15, 0.2) is 46.9 Å². The van der Waals surface area contributed by atoms with Crippen molar-refractivity contribution in [3.63, 3.8) is 0 Å². The SMILES string of the molecule is CC(C)c1cc(F)cc(-c2ccccc2)c1Br. The molecular weight excluding hydrogens is 279 g/mol. The first-order valence-electron chi connectivity index (χ1n) is 5.64. The number of benzene rings is 2. The summed E-state index contributed by atoms with van der Waals surface area (Å²) in [7, 11) is 0. The van der Waals surface area contributed by atoms with Crippen molar-refractivity contribution in [1.82, 2.24) is 0 Å². The Labute approximate surface area is 110 Å². The van der Waals surface area contributed by atoms with Crippen LogP contribution in [-0.4, -0.2) is 0 Å². The van der Waals surface area contributed by atoms with Crippen LogP contribution >= 0.6 is 15.9 Å². The Bertz CT molecular complexity index is 518. The van der Waals surface area contributed by atoms with Crippen LogP contribution < -0.4 is 0 Å². The zero-order valence-electron chi connectivity index (χ0n) is 9.87. The van der Waals surface area contributed by atoms with E-state index in [9.17, 15) is 4.39 Å². The van der Waals surface area contributed by atoms with Crippen molar-refractivity contribution in [2.45, 2.75) is 19.8 Å². The highest BCUT2D eigenvalue weighted by atomic mass is 79.9. The van der Waals surface area contributed by atoms with Gasteiger partial charge in [-0.1, -0.05) is 44.2 Å². The molecule has 17 heavy (non-hydrogen) atoms. The van der Waals surface area contributed by atoms with Gasteiger partial charge in [-0.15, -0.1) is 0 Å². The van der Waals surface area contributed by atoms with Crippen molar-refractivity contribution >= 4 is 15.9 Å². The minimum absolute atomic E-state index is 0.184. The van der Waals surface area contributed by atoms with Gasteiger partial charge in [0, 0.05) is 4.47 Å². The molecule has 0 fully saturated rings. The van der Waals surface area contributed by atoms with Gasteiger partial charge in [-0.25, -0.2) is 4.39 Å². The smallest absolute Gasteiger partial charge is 0.124 e. The van der Waals surface area contributed by atoms with Gasteiger partial charge in [-0.05, 0) is 50.7 Å². The predicted molar refractivity (Wildman–Crippen MR) is 73.6 cm³/mol. The molecule has 0 aliphatic rings. The molecule has 0 aliphatic heterocycles. The lowest BCUT2D eigenvalue weighted by Crippen LogP contribution is -1.94. The highest BCUT2D eigenvalue weighted by Gasteiger charge is 2.12. The molecule has 2 rings (SSSR count). The minimum atomic E-state index is -0.184. The number of hydrogen-bond acceptors (Lipinski definition) is 0. The van der Waals surface area contributed by atoms with Crippen molar-refractivity contribution in [3.8, 4) is 11.1 Å². The van der Waals surface area contributed by atoms with E-state index >= 15 is 0 Å². The van der Waals surface area contributed by atoms with E-state index in [4.69, 9.17) is 0 Å². The molecule has 0 nitrogen and oxygen atoms in total. The second-order valence-electron chi connectivity index (χ2n) is 4.38. The van der Waals surface area contributed by atoms with Crippen molar-refractivity contribution in [2.24, 2.45) is 0 Å². The lowest BCUT2D eigenvalue weighted by molar-refractivity contribution is 0.623. The first-order valence-corrected chi connectivity index (χ1v) is 6.43. The van der Waals surface area contributed by atoms with Crippen molar-refractivity contribution in [3.05, 3.63) is 58.3 Å². The first kappa shape index (κ1) is 12.3. The van der Waals surface area contributed by atoms with Crippen LogP contribution in [0.5, 0.6) is 0 Å². The average Bonchev–Trinajstić information content (AvgIpc) is 2.32. The normalized spacial score (nSPS) is 10.9. The van der Waals surface area contributed by atoms with Crippen LogP contribution in [0, 0.1) is 5.82 Å². The standard InChI is InChI=1S/C15H14BrF/c1-10(2)13-8-12(17)9-14(15(13)16)11-6-4-3-5-7-11/h3-10H,1-2H3. The summed E-state index contributed by atoms with van der Waals surface area (Å²) in [4.78, 5) is 0. The van der Waals surface area contributed by atoms with E-state index < -0.39 is 0 Å². The van der Waals surface area contributed by atoms with Gasteiger partial charge < -0.3 is 0 Å². The molecule has 0 saturated heterocycles. The zero-order valence-corrected chi connectivity index (χ0v) is 11.5. The summed E-state index contributed by atoms with van der Waals surface area (Å²) in [6.45, 7) is 4.13. The van der Waals surface area contributed by atoms with Crippen LogP contribution in [0.4, 0.5) is 4.39 Å². The number of hydrogen-bond donors (Lipinski definition) is 0. The molecule has 0 saturated carbocycles. The van der Waals surface area contributed by atoms with Gasteiger partial charge in [-0.3, -0.25) is 0 Å². The maximum atomic E-state index is 13.6. The van der Waals surface area contributed by atoms with Crippen LogP contribution in [0.25, 0.3) is 11.1 Å². The molecule has 88 valence electrons. The molecule has 0 spiro atoms. The fraction of sp³-hybridized carbons (Fsp3) is 0.200. The molecule has 0 aromatic heterocycles. The molecule has 2 aromatic rings. The van der Waals surface area contributed by atoms with Crippen molar-refractivity contribution in [2.75, 3.05) is 0 Å². The monoisotopic (exact) mass is 292 g/mol. The fourth-order valence-corrected chi connectivity index (χ4v) is 2.77. The number of rotatable bonds is 2. The van der Waals surface area contributed by atoms with Crippen molar-refractivity contribution < 1.29 is 4.39 Å². The third-order valence-corrected chi connectivity index (χ3v) is 3.66. The highest BCUT2D eigenvalue weighted by molar-refractivity contribution is 9.10. The molecule has 0 heterocycles. The van der Waals surface area contributed by atoms with E-state index in [-0.39, 0.29) is 5.82 Å². The highest BCUT2D eigenvalue weighted by Crippen LogP contribution is 2.35. The molecule has 0 unspecified atom stereocenters. The average molecular weight is 293 g/mol. The largest absolute Gasteiger partial charge is 0.207 e. The van der Waals surface area contributed by atoms with Gasteiger partial charge in [0.25, 0.3) is 0 Å². The van der Waals surface area contributed by atoms with Crippen LogP contribution in [0.3, 0.4) is 0 Å². The molecule has 0 atom stereocenters. The third kappa shape index (κ3) is 2.58. The molecule has 2 aromatic carbocycles. The summed E-state index contributed by atoms with van der Waals surface area (Å²) in [6.07, 6.45) is 0. The second kappa shape index (κ2) is 5.01. The maximum Gasteiger partial charge on any atom is 0.124 e. The van der Waals surface area contributed by atoms with E-state index in [0.717, 1.165) is 21.2 Å². The predicted octanol–water partition coefficient (Wildman–Crippen LogP) is 5.38. The summed E-state index contributed by atoms with van der Waals surface area (Å²) in [6, 6.07) is 13.0. The Morgan fingerprint density at radius 3 is 2.29 bits per heavy atom. The van der Waals surface area contributed by atoms with E-state index in [1.54, 1.807) is 12.1 Å². The summed E-state index contributed by atoms with van der Waals surface area (Å²) in [5, 5.41) is 0. The Hall–Kier alpha value is -1.15. The lowest BCUT2D eigenvalue weighted by atomic mass is 9.97. The van der Waals surface area contributed by atoms with Gasteiger partial charge >= 0.3 is 0 Å². The van der Waals surface area contributed by atoms with E-state index in [1.807, 2.05) is 30.3 Å². The summed E-state index contributed by atoms with van der Waals surface area (Å²) in [5.74, 6) is 0.110. The Kier molecular flexibility index (Phi) is 3.63. The maximum absolute atomic E-state index is 13.6. The summed E-state index contributed by atoms with van der Waals surface area (Å²) >= 11 is 3.59. The second-order valence-corrected chi connectivity index (χ2v) is 5.17. The zero-order chi connectivity index (χ0) is 12.4. The van der Waals surface area contributed by atoms with Gasteiger partial charge in [0.1, 0.15) is 5.82 Å². The molecule has 0 bridgehead atoms. The summed E-state index contributed by atoms with van der Waals surface area (Å²) in [5.41, 5.74) is 2.94. The third-order valence-electron chi connectivity index (χ3n) is 2.77. The Balaban J connectivity index is 2.63. The Morgan fingerprint density at radius 1 is 1.06 bits per heavy atom. The van der Waals surface area contributed by atoms with E-state index in [1.165, 1.54) is 0 Å². The molecule has 2 heteroatoms. The number of halogens is 2. The van der Waals surface area contributed by atoms with E-state index in [2.05, 4.69) is 29.8 Å². The fourth-order valence-electron chi connectivity index (χ4n) is 1.86. The Morgan fingerprint density at radius 2 is 1.71 bits per heavy atom. The van der Waals surface area contributed by atoms with Gasteiger partial charge in [0.2, 0.25) is 0 Å². The van der Waals surface area contributed by atoms with Gasteiger partial charge in [0.15, 0.2) is 0 Å². The first-order chi connectivity index (χ1) is 8.09. The van der Waals surface area contributed by atoms with Crippen LogP contribution in [0.2, 0.25) is 0 Å². The van der Waals surface area contributed by atoms with Crippen molar-refractivity contribution in [1.29, 1.82) is 0 Å². The van der Waals surface area contributed by atoms with Crippen LogP contribution in [0.1, 0.15) is 25.3 Å². The molecule has 0 radical (unpaired) electrons. The molecule has 0 amide bonds. The summed E-state index contributed by atoms with van der Waals surface area (Å²) < 4.78 is 14.6. The lowest BCUT2D eigenvalue weighted by Gasteiger charge is -2.13. The quantitative estimate of drug-likeness (QED) is 0.697. The molecular formula is C15H14BrF. The molecule has 0 N–H and O–H groups in total. The topological polar surface area (TPSA) is 0 Å². The molecule has 0 aliphatic carbocycles. The minimum Gasteiger partial charge on any atom is -0.207 e. The van der Waals surface area contributed by atoms with Gasteiger partial charge in [-0.2, -0.15) is 0 Å². The van der Waals surface area contributed by atoms with Gasteiger partial charge in [0.05, 0.1) is 0 Å². The van der Waals surface area contributed by atoms with Crippen LogP contribution in [-0.2, 0) is 0 Å².